The van der Waals surface area contributed by atoms with Crippen LogP contribution in [0.5, 0.6) is 0 Å². The van der Waals surface area contributed by atoms with Crippen molar-refractivity contribution in [2.45, 2.75) is 12.6 Å². The van der Waals surface area contributed by atoms with Crippen molar-refractivity contribution in [1.29, 1.82) is 0 Å². The fraction of sp³-hybridized carbons (Fsp3) is 0.545. The van der Waals surface area contributed by atoms with E-state index < -0.39 is 0 Å². The zero-order chi connectivity index (χ0) is 10.3. The molecule has 0 spiro atoms. The number of nitrogens with one attached hydrogen (secondary N) is 1. The van der Waals surface area contributed by atoms with Crippen LogP contribution in [0, 0.1) is 0 Å². The molecular formula is C11H16N2S2. The van der Waals surface area contributed by atoms with E-state index in [4.69, 9.17) is 0 Å². The summed E-state index contributed by atoms with van der Waals surface area (Å²) in [5, 5.41) is 3.57. The van der Waals surface area contributed by atoms with Crippen molar-refractivity contribution in [3.8, 4) is 0 Å². The lowest BCUT2D eigenvalue weighted by molar-refractivity contribution is 0.596. The summed E-state index contributed by atoms with van der Waals surface area (Å²) in [5.41, 5.74) is 1.14. The van der Waals surface area contributed by atoms with E-state index in [1.807, 2.05) is 18.3 Å². The Morgan fingerprint density at radius 1 is 1.27 bits per heavy atom. The molecule has 0 aromatic carbocycles. The second-order valence-corrected chi connectivity index (χ2v) is 5.85. The maximum Gasteiger partial charge on any atom is 0.0541 e. The van der Waals surface area contributed by atoms with Gasteiger partial charge in [-0.15, -0.1) is 0 Å². The predicted octanol–water partition coefficient (Wildman–Crippen LogP) is 2.02. The van der Waals surface area contributed by atoms with E-state index in [2.05, 4.69) is 39.9 Å². The molecule has 82 valence electrons. The minimum atomic E-state index is 0.643. The number of nitrogens with zero attached hydrogens (tertiary/aromatic N) is 1. The highest BCUT2D eigenvalue weighted by Gasteiger charge is 2.11. The summed E-state index contributed by atoms with van der Waals surface area (Å²) >= 11 is 4.11. The van der Waals surface area contributed by atoms with Gasteiger partial charge in [-0.05, 0) is 12.1 Å². The molecule has 1 fully saturated rings. The molecule has 2 heterocycles. The zero-order valence-electron chi connectivity index (χ0n) is 8.69. The molecule has 1 N–H and O–H groups in total. The number of pyridine rings is 1. The van der Waals surface area contributed by atoms with E-state index in [0.717, 1.165) is 12.2 Å². The van der Waals surface area contributed by atoms with Gasteiger partial charge in [-0.1, -0.05) is 6.07 Å². The molecule has 4 heteroatoms. The Balaban J connectivity index is 1.77. The topological polar surface area (TPSA) is 24.9 Å². The molecule has 1 aromatic heterocycles. The highest BCUT2D eigenvalue weighted by atomic mass is 32.2. The van der Waals surface area contributed by atoms with E-state index >= 15 is 0 Å². The van der Waals surface area contributed by atoms with Crippen LogP contribution in [0.3, 0.4) is 0 Å². The van der Waals surface area contributed by atoms with Crippen molar-refractivity contribution in [3.05, 3.63) is 30.1 Å². The van der Waals surface area contributed by atoms with Crippen molar-refractivity contribution < 1.29 is 0 Å². The molecule has 1 aliphatic heterocycles. The lowest BCUT2D eigenvalue weighted by atomic mass is 10.3. The highest BCUT2D eigenvalue weighted by molar-refractivity contribution is 8.03. The largest absolute Gasteiger partial charge is 0.307 e. The van der Waals surface area contributed by atoms with E-state index in [1.165, 1.54) is 23.0 Å². The van der Waals surface area contributed by atoms with Gasteiger partial charge < -0.3 is 5.32 Å². The second kappa shape index (κ2) is 6.40. The van der Waals surface area contributed by atoms with E-state index in [9.17, 15) is 0 Å². The Hall–Kier alpha value is -0.190. The Morgan fingerprint density at radius 2 is 2.07 bits per heavy atom. The van der Waals surface area contributed by atoms with E-state index in [0.29, 0.717) is 6.04 Å². The third kappa shape index (κ3) is 4.05. The highest BCUT2D eigenvalue weighted by Crippen LogP contribution is 2.16. The fourth-order valence-corrected chi connectivity index (χ4v) is 3.95. The summed E-state index contributed by atoms with van der Waals surface area (Å²) in [7, 11) is 0. The smallest absolute Gasteiger partial charge is 0.0541 e. The van der Waals surface area contributed by atoms with Crippen LogP contribution in [0.4, 0.5) is 0 Å². The molecule has 15 heavy (non-hydrogen) atoms. The first kappa shape index (κ1) is 11.3. The summed E-state index contributed by atoms with van der Waals surface area (Å²) in [4.78, 5) is 4.31. The Labute approximate surface area is 99.6 Å². The zero-order valence-corrected chi connectivity index (χ0v) is 10.3. The average molecular weight is 240 g/mol. The molecule has 0 atom stereocenters. The van der Waals surface area contributed by atoms with Crippen molar-refractivity contribution in [3.63, 3.8) is 0 Å². The molecule has 1 saturated heterocycles. The normalized spacial score (nSPS) is 18.7. The van der Waals surface area contributed by atoms with Crippen molar-refractivity contribution >= 4 is 23.5 Å². The molecule has 1 aromatic rings. The van der Waals surface area contributed by atoms with Gasteiger partial charge in [-0.25, -0.2) is 0 Å². The Kier molecular flexibility index (Phi) is 4.83. The summed E-state index contributed by atoms with van der Waals surface area (Å²) in [6.45, 7) is 0.895. The van der Waals surface area contributed by atoms with Gasteiger partial charge in [0.1, 0.15) is 0 Å². The molecule has 0 aliphatic carbocycles. The van der Waals surface area contributed by atoms with E-state index in [1.54, 1.807) is 0 Å². The van der Waals surface area contributed by atoms with Gasteiger partial charge >= 0.3 is 0 Å². The molecule has 0 bridgehead atoms. The van der Waals surface area contributed by atoms with Crippen LogP contribution in [0.1, 0.15) is 5.69 Å². The van der Waals surface area contributed by atoms with Gasteiger partial charge in [0.05, 0.1) is 5.69 Å². The van der Waals surface area contributed by atoms with Gasteiger partial charge in [0.25, 0.3) is 0 Å². The first-order chi connectivity index (χ1) is 7.45. The summed E-state index contributed by atoms with van der Waals surface area (Å²) < 4.78 is 0. The van der Waals surface area contributed by atoms with Crippen molar-refractivity contribution in [2.24, 2.45) is 0 Å². The third-order valence-corrected chi connectivity index (χ3v) is 4.83. The number of thioether (sulfide) groups is 2. The summed E-state index contributed by atoms with van der Waals surface area (Å²) in [6, 6.07) is 6.72. The molecule has 2 nitrogen and oxygen atoms in total. The van der Waals surface area contributed by atoms with E-state index in [-0.39, 0.29) is 0 Å². The number of hydrogen-bond donors (Lipinski definition) is 1. The number of rotatable bonds is 3. The predicted molar refractivity (Wildman–Crippen MR) is 69.5 cm³/mol. The van der Waals surface area contributed by atoms with Gasteiger partial charge in [-0.3, -0.25) is 4.98 Å². The van der Waals surface area contributed by atoms with Crippen LogP contribution in [-0.4, -0.2) is 34.0 Å². The molecule has 0 saturated carbocycles. The van der Waals surface area contributed by atoms with Crippen LogP contribution in [0.25, 0.3) is 0 Å². The van der Waals surface area contributed by atoms with Crippen molar-refractivity contribution in [1.82, 2.24) is 10.3 Å². The Morgan fingerprint density at radius 3 is 2.73 bits per heavy atom. The number of hydrogen-bond acceptors (Lipinski definition) is 4. The SMILES string of the molecule is c1ccc(CNC2CSCCSC2)nc1. The van der Waals surface area contributed by atoms with Crippen LogP contribution in [0.2, 0.25) is 0 Å². The fourth-order valence-electron chi connectivity index (χ4n) is 1.49. The minimum absolute atomic E-state index is 0.643. The molecule has 1 aliphatic rings. The number of aromatic nitrogens is 1. The first-order valence-electron chi connectivity index (χ1n) is 5.24. The van der Waals surface area contributed by atoms with Crippen molar-refractivity contribution in [2.75, 3.05) is 23.0 Å². The van der Waals surface area contributed by atoms with Crippen LogP contribution in [0.15, 0.2) is 24.4 Å². The van der Waals surface area contributed by atoms with Crippen LogP contribution >= 0.6 is 23.5 Å². The van der Waals surface area contributed by atoms with Gasteiger partial charge in [0.2, 0.25) is 0 Å². The molecule has 0 amide bonds. The molecular weight excluding hydrogens is 224 g/mol. The molecule has 0 radical (unpaired) electrons. The monoisotopic (exact) mass is 240 g/mol. The molecule has 2 rings (SSSR count). The van der Waals surface area contributed by atoms with Gasteiger partial charge in [-0.2, -0.15) is 23.5 Å². The van der Waals surface area contributed by atoms with Crippen LogP contribution < -0.4 is 5.32 Å². The Bertz CT molecular complexity index is 271. The van der Waals surface area contributed by atoms with Gasteiger partial charge in [0.15, 0.2) is 0 Å². The average Bonchev–Trinajstić information content (AvgIpc) is 2.56. The maximum atomic E-state index is 4.31. The van der Waals surface area contributed by atoms with Gasteiger partial charge in [0, 0.05) is 41.8 Å². The maximum absolute atomic E-state index is 4.31. The standard InChI is InChI=1S/C11H16N2S2/c1-2-4-12-10(3-1)7-13-11-8-14-5-6-15-9-11/h1-4,11,13H,5-9H2. The minimum Gasteiger partial charge on any atom is -0.307 e. The molecule has 0 unspecified atom stereocenters. The third-order valence-electron chi connectivity index (χ3n) is 2.31. The lowest BCUT2D eigenvalue weighted by Gasteiger charge is -2.14. The first-order valence-corrected chi connectivity index (χ1v) is 7.55. The quantitative estimate of drug-likeness (QED) is 0.874. The lowest BCUT2D eigenvalue weighted by Crippen LogP contribution is -2.32. The summed E-state index contributed by atoms with van der Waals surface area (Å²) in [5.74, 6) is 5.07. The van der Waals surface area contributed by atoms with Crippen LogP contribution in [-0.2, 0) is 6.54 Å². The summed E-state index contributed by atoms with van der Waals surface area (Å²) in [6.07, 6.45) is 1.85. The second-order valence-electron chi connectivity index (χ2n) is 3.55.